The maximum atomic E-state index is 5.79. The summed E-state index contributed by atoms with van der Waals surface area (Å²) in [6, 6.07) is 4.18. The molecule has 0 fully saturated rings. The van der Waals surface area contributed by atoms with E-state index in [-0.39, 0.29) is 0 Å². The van der Waals surface area contributed by atoms with Gasteiger partial charge in [-0.2, -0.15) is 0 Å². The first-order valence-electron chi connectivity index (χ1n) is 5.71. The largest absolute Gasteiger partial charge is 0.370 e. The van der Waals surface area contributed by atoms with Crippen molar-refractivity contribution in [3.8, 4) is 0 Å². The molecular formula is C12H16N4S2. The lowest BCUT2D eigenvalue weighted by Gasteiger charge is -2.03. The molecule has 0 aliphatic heterocycles. The normalized spacial score (nSPS) is 11.7. The zero-order chi connectivity index (χ0) is 12.8. The van der Waals surface area contributed by atoms with Gasteiger partial charge in [0.25, 0.3) is 0 Å². The first-order valence-corrected chi connectivity index (χ1v) is 7.47. The van der Waals surface area contributed by atoms with Crippen LogP contribution in [0.3, 0.4) is 0 Å². The van der Waals surface area contributed by atoms with Crippen molar-refractivity contribution in [2.45, 2.75) is 19.9 Å². The third-order valence-corrected chi connectivity index (χ3v) is 4.20. The van der Waals surface area contributed by atoms with Crippen molar-refractivity contribution < 1.29 is 0 Å². The third-order valence-electron chi connectivity index (χ3n) is 2.31. The lowest BCUT2D eigenvalue weighted by atomic mass is 10.3. The number of aryl methyl sites for hydroxylation is 1. The lowest BCUT2D eigenvalue weighted by Crippen LogP contribution is -2.33. The van der Waals surface area contributed by atoms with Crippen LogP contribution in [0.25, 0.3) is 0 Å². The molecule has 0 aliphatic rings. The molecule has 2 rings (SSSR count). The standard InChI is InChI=1S/C12H16N4S2/c1-9-8-18-11(16-9)7-15-12(13)14-5-4-10-3-2-6-17-10/h2-3,6,8H,4-5,7H2,1H3,(H3,13,14,15). The summed E-state index contributed by atoms with van der Waals surface area (Å²) < 4.78 is 0. The van der Waals surface area contributed by atoms with Gasteiger partial charge in [-0.1, -0.05) is 6.07 Å². The second-order valence-electron chi connectivity index (χ2n) is 3.84. The topological polar surface area (TPSA) is 63.3 Å². The van der Waals surface area contributed by atoms with Crippen LogP contribution >= 0.6 is 22.7 Å². The number of thiazole rings is 1. The molecule has 0 bridgehead atoms. The highest BCUT2D eigenvalue weighted by Crippen LogP contribution is 2.09. The van der Waals surface area contributed by atoms with E-state index >= 15 is 0 Å². The fourth-order valence-corrected chi connectivity index (χ4v) is 2.86. The number of nitrogens with zero attached hydrogens (tertiary/aromatic N) is 2. The smallest absolute Gasteiger partial charge is 0.189 e. The number of thiophene rings is 1. The van der Waals surface area contributed by atoms with E-state index in [0.717, 1.165) is 23.7 Å². The Morgan fingerprint density at radius 3 is 3.06 bits per heavy atom. The SMILES string of the molecule is Cc1csc(CN=C(N)NCCc2cccs2)n1. The van der Waals surface area contributed by atoms with Crippen LogP contribution in [0.2, 0.25) is 0 Å². The molecule has 0 spiro atoms. The minimum absolute atomic E-state index is 0.486. The number of nitrogens with one attached hydrogen (secondary N) is 1. The number of aliphatic imine (C=N–C) groups is 1. The Bertz CT molecular complexity index is 502. The first-order chi connectivity index (χ1) is 8.74. The number of aromatic nitrogens is 1. The summed E-state index contributed by atoms with van der Waals surface area (Å²) in [5.41, 5.74) is 6.82. The Balaban J connectivity index is 1.72. The first kappa shape index (κ1) is 13.0. The average molecular weight is 280 g/mol. The Morgan fingerprint density at radius 1 is 1.50 bits per heavy atom. The van der Waals surface area contributed by atoms with E-state index in [1.54, 1.807) is 22.7 Å². The fraction of sp³-hybridized carbons (Fsp3) is 0.333. The van der Waals surface area contributed by atoms with Crippen LogP contribution in [0.1, 0.15) is 15.6 Å². The van der Waals surface area contributed by atoms with Crippen molar-refractivity contribution in [2.24, 2.45) is 10.7 Å². The summed E-state index contributed by atoms with van der Waals surface area (Å²) in [7, 11) is 0. The van der Waals surface area contributed by atoms with Gasteiger partial charge in [-0.05, 0) is 24.8 Å². The van der Waals surface area contributed by atoms with E-state index in [2.05, 4.69) is 32.8 Å². The van der Waals surface area contributed by atoms with E-state index < -0.39 is 0 Å². The molecule has 0 atom stereocenters. The molecule has 3 N–H and O–H groups in total. The molecule has 2 aromatic rings. The lowest BCUT2D eigenvalue weighted by molar-refractivity contribution is 0.855. The number of rotatable bonds is 5. The number of hydrogen-bond acceptors (Lipinski definition) is 4. The molecule has 2 aromatic heterocycles. The van der Waals surface area contributed by atoms with Crippen LogP contribution in [0, 0.1) is 6.92 Å². The van der Waals surface area contributed by atoms with E-state index in [0.29, 0.717) is 12.5 Å². The Labute approximate surface area is 115 Å². The van der Waals surface area contributed by atoms with Gasteiger partial charge in [-0.25, -0.2) is 9.98 Å². The molecule has 6 heteroatoms. The summed E-state index contributed by atoms with van der Waals surface area (Å²) in [6.07, 6.45) is 0.976. The van der Waals surface area contributed by atoms with Crippen LogP contribution in [-0.4, -0.2) is 17.5 Å². The van der Waals surface area contributed by atoms with Gasteiger partial charge in [0, 0.05) is 22.5 Å². The zero-order valence-electron chi connectivity index (χ0n) is 10.2. The average Bonchev–Trinajstić information content (AvgIpc) is 2.98. The molecule has 96 valence electrons. The highest BCUT2D eigenvalue weighted by molar-refractivity contribution is 7.10. The fourth-order valence-electron chi connectivity index (χ4n) is 1.45. The Morgan fingerprint density at radius 2 is 2.39 bits per heavy atom. The number of hydrogen-bond donors (Lipinski definition) is 2. The minimum atomic E-state index is 0.486. The molecule has 4 nitrogen and oxygen atoms in total. The van der Waals surface area contributed by atoms with Gasteiger partial charge in [-0.15, -0.1) is 22.7 Å². The highest BCUT2D eigenvalue weighted by atomic mass is 32.1. The molecule has 0 unspecified atom stereocenters. The summed E-state index contributed by atoms with van der Waals surface area (Å²) in [5.74, 6) is 0.486. The van der Waals surface area contributed by atoms with Crippen molar-refractivity contribution in [3.63, 3.8) is 0 Å². The monoisotopic (exact) mass is 280 g/mol. The maximum absolute atomic E-state index is 5.79. The van der Waals surface area contributed by atoms with Gasteiger partial charge in [-0.3, -0.25) is 0 Å². The van der Waals surface area contributed by atoms with Gasteiger partial charge in [0.1, 0.15) is 5.01 Å². The zero-order valence-corrected chi connectivity index (χ0v) is 11.9. The van der Waals surface area contributed by atoms with Gasteiger partial charge >= 0.3 is 0 Å². The predicted octanol–water partition coefficient (Wildman–Crippen LogP) is 2.16. The van der Waals surface area contributed by atoms with E-state index in [1.165, 1.54) is 4.88 Å². The number of nitrogens with two attached hydrogens (primary N) is 1. The summed E-state index contributed by atoms with van der Waals surface area (Å²) in [5, 5.41) is 8.21. The van der Waals surface area contributed by atoms with E-state index in [1.807, 2.05) is 12.3 Å². The molecule has 0 amide bonds. The quantitative estimate of drug-likeness (QED) is 0.651. The highest BCUT2D eigenvalue weighted by Gasteiger charge is 1.98. The Hall–Kier alpha value is -1.40. The van der Waals surface area contributed by atoms with Crippen LogP contribution in [0.15, 0.2) is 27.9 Å². The van der Waals surface area contributed by atoms with E-state index in [9.17, 15) is 0 Å². The van der Waals surface area contributed by atoms with Crippen LogP contribution in [-0.2, 0) is 13.0 Å². The van der Waals surface area contributed by atoms with Crippen molar-refractivity contribution in [2.75, 3.05) is 6.54 Å². The predicted molar refractivity (Wildman–Crippen MR) is 78.2 cm³/mol. The van der Waals surface area contributed by atoms with E-state index in [4.69, 9.17) is 5.73 Å². The Kier molecular flexibility index (Phi) is 4.72. The molecule has 0 aliphatic carbocycles. The second-order valence-corrected chi connectivity index (χ2v) is 5.82. The van der Waals surface area contributed by atoms with Crippen LogP contribution in [0.5, 0.6) is 0 Å². The van der Waals surface area contributed by atoms with Gasteiger partial charge in [0.05, 0.1) is 6.54 Å². The summed E-state index contributed by atoms with van der Waals surface area (Å²) in [6.45, 7) is 3.34. The molecule has 18 heavy (non-hydrogen) atoms. The van der Waals surface area contributed by atoms with Gasteiger partial charge in [0.15, 0.2) is 5.96 Å². The molecule has 0 saturated carbocycles. The van der Waals surface area contributed by atoms with Gasteiger partial charge < -0.3 is 11.1 Å². The molecule has 2 heterocycles. The minimum Gasteiger partial charge on any atom is -0.370 e. The molecule has 0 radical (unpaired) electrons. The van der Waals surface area contributed by atoms with Crippen LogP contribution in [0.4, 0.5) is 0 Å². The van der Waals surface area contributed by atoms with Crippen molar-refractivity contribution in [1.29, 1.82) is 0 Å². The maximum Gasteiger partial charge on any atom is 0.189 e. The summed E-state index contributed by atoms with van der Waals surface area (Å²) in [4.78, 5) is 9.95. The van der Waals surface area contributed by atoms with Crippen molar-refractivity contribution >= 4 is 28.6 Å². The molecule has 0 aromatic carbocycles. The molecular weight excluding hydrogens is 264 g/mol. The van der Waals surface area contributed by atoms with Crippen molar-refractivity contribution in [3.05, 3.63) is 38.5 Å². The second kappa shape index (κ2) is 6.51. The summed E-state index contributed by atoms with van der Waals surface area (Å²) >= 11 is 3.37. The van der Waals surface area contributed by atoms with Crippen LogP contribution < -0.4 is 11.1 Å². The third kappa shape index (κ3) is 4.12. The van der Waals surface area contributed by atoms with Gasteiger partial charge in [0.2, 0.25) is 0 Å². The number of guanidine groups is 1. The molecule has 0 saturated heterocycles. The van der Waals surface area contributed by atoms with Crippen molar-refractivity contribution in [1.82, 2.24) is 10.3 Å².